The third-order valence-corrected chi connectivity index (χ3v) is 8.00. The van der Waals surface area contributed by atoms with Crippen molar-refractivity contribution in [3.05, 3.63) is 28.8 Å². The lowest BCUT2D eigenvalue weighted by Gasteiger charge is -2.26. The molecule has 126 valence electrons. The molecule has 0 bridgehead atoms. The lowest BCUT2D eigenvalue weighted by molar-refractivity contribution is -0.119. The van der Waals surface area contributed by atoms with Gasteiger partial charge in [-0.05, 0) is 43.0 Å². The molecule has 0 saturated heterocycles. The van der Waals surface area contributed by atoms with Crippen LogP contribution in [0.2, 0.25) is 5.02 Å². The maximum absolute atomic E-state index is 12.3. The number of hydrogen-bond acceptors (Lipinski definition) is 4. The average Bonchev–Trinajstić information content (AvgIpc) is 3.02. The standard InChI is InChI=1S/C16H20ClNO3S2/c17-11-5-6-15-13(9-11)14(7-8-22-15)18-16(19)10-23(20,21)12-3-1-2-4-12/h5-6,9,12,14H,1-4,7-8,10H2,(H,18,19). The Bertz CT molecular complexity index is 699. The predicted octanol–water partition coefficient (Wildman–Crippen LogP) is 3.35. The van der Waals surface area contributed by atoms with Crippen LogP contribution >= 0.6 is 23.4 Å². The Morgan fingerprint density at radius 3 is 2.74 bits per heavy atom. The van der Waals surface area contributed by atoms with Crippen molar-refractivity contribution in [3.63, 3.8) is 0 Å². The van der Waals surface area contributed by atoms with E-state index < -0.39 is 21.5 Å². The van der Waals surface area contributed by atoms with Crippen LogP contribution < -0.4 is 5.32 Å². The monoisotopic (exact) mass is 373 g/mol. The number of benzene rings is 1. The number of sulfone groups is 1. The van der Waals surface area contributed by atoms with Crippen molar-refractivity contribution in [1.29, 1.82) is 0 Å². The summed E-state index contributed by atoms with van der Waals surface area (Å²) in [4.78, 5) is 13.3. The van der Waals surface area contributed by atoms with E-state index in [1.54, 1.807) is 11.8 Å². The Balaban J connectivity index is 1.68. The van der Waals surface area contributed by atoms with E-state index in [1.807, 2.05) is 18.2 Å². The Labute approximate surface area is 146 Å². The van der Waals surface area contributed by atoms with Gasteiger partial charge < -0.3 is 5.32 Å². The van der Waals surface area contributed by atoms with Gasteiger partial charge in [-0.2, -0.15) is 0 Å². The summed E-state index contributed by atoms with van der Waals surface area (Å²) < 4.78 is 24.6. The van der Waals surface area contributed by atoms with Crippen LogP contribution in [0.5, 0.6) is 0 Å². The van der Waals surface area contributed by atoms with E-state index in [1.165, 1.54) is 0 Å². The molecule has 1 aromatic carbocycles. The first-order chi connectivity index (χ1) is 11.0. The molecule has 7 heteroatoms. The molecular weight excluding hydrogens is 354 g/mol. The van der Waals surface area contributed by atoms with Gasteiger partial charge in [0.1, 0.15) is 5.75 Å². The van der Waals surface area contributed by atoms with Crippen LogP contribution in [-0.2, 0) is 14.6 Å². The molecule has 1 unspecified atom stereocenters. The minimum atomic E-state index is -3.34. The average molecular weight is 374 g/mol. The summed E-state index contributed by atoms with van der Waals surface area (Å²) in [5, 5.41) is 3.18. The summed E-state index contributed by atoms with van der Waals surface area (Å²) >= 11 is 7.79. The fourth-order valence-corrected chi connectivity index (χ4v) is 6.32. The highest BCUT2D eigenvalue weighted by Gasteiger charge is 2.32. The summed E-state index contributed by atoms with van der Waals surface area (Å²) in [5.41, 5.74) is 0.986. The molecule has 1 atom stereocenters. The SMILES string of the molecule is O=C(CS(=O)(=O)C1CCCC1)NC1CCSc2ccc(Cl)cc21. The minimum Gasteiger partial charge on any atom is -0.348 e. The van der Waals surface area contributed by atoms with Crippen molar-refractivity contribution < 1.29 is 13.2 Å². The Morgan fingerprint density at radius 2 is 2.00 bits per heavy atom. The molecule has 0 spiro atoms. The number of fused-ring (bicyclic) bond motifs is 1. The number of carbonyl (C=O) groups excluding carboxylic acids is 1. The fourth-order valence-electron chi connectivity index (χ4n) is 3.30. The number of amides is 1. The van der Waals surface area contributed by atoms with Gasteiger partial charge in [-0.15, -0.1) is 11.8 Å². The Kier molecular flexibility index (Phi) is 5.23. The van der Waals surface area contributed by atoms with Gasteiger partial charge in [0.25, 0.3) is 0 Å². The molecule has 0 aromatic heterocycles. The van der Waals surface area contributed by atoms with E-state index in [2.05, 4.69) is 5.32 Å². The van der Waals surface area contributed by atoms with Gasteiger partial charge in [-0.1, -0.05) is 24.4 Å². The third kappa shape index (κ3) is 4.03. The second-order valence-electron chi connectivity index (χ2n) is 6.15. The van der Waals surface area contributed by atoms with Gasteiger partial charge in [0.2, 0.25) is 5.91 Å². The van der Waals surface area contributed by atoms with Crippen LogP contribution in [0, 0.1) is 0 Å². The maximum Gasteiger partial charge on any atom is 0.235 e. The molecule has 3 rings (SSSR count). The van der Waals surface area contributed by atoms with Gasteiger partial charge in [0.15, 0.2) is 9.84 Å². The van der Waals surface area contributed by atoms with Gasteiger partial charge in [0, 0.05) is 15.7 Å². The number of carbonyl (C=O) groups is 1. The van der Waals surface area contributed by atoms with Gasteiger partial charge in [0.05, 0.1) is 11.3 Å². The Hall–Kier alpha value is -0.720. The topological polar surface area (TPSA) is 63.2 Å². The highest BCUT2D eigenvalue weighted by atomic mass is 35.5. The largest absolute Gasteiger partial charge is 0.348 e. The molecule has 1 fully saturated rings. The lowest BCUT2D eigenvalue weighted by Crippen LogP contribution is -2.37. The summed E-state index contributed by atoms with van der Waals surface area (Å²) in [6, 6.07) is 5.49. The second-order valence-corrected chi connectivity index (χ2v) is 10.0. The number of nitrogens with one attached hydrogen (secondary N) is 1. The van der Waals surface area contributed by atoms with Crippen molar-refractivity contribution in [2.24, 2.45) is 0 Å². The molecule has 1 aliphatic carbocycles. The van der Waals surface area contributed by atoms with Crippen molar-refractivity contribution in [2.45, 2.75) is 48.3 Å². The first-order valence-electron chi connectivity index (χ1n) is 7.89. The molecule has 1 N–H and O–H groups in total. The zero-order chi connectivity index (χ0) is 16.4. The van der Waals surface area contributed by atoms with E-state index in [-0.39, 0.29) is 11.3 Å². The summed E-state index contributed by atoms with van der Waals surface area (Å²) in [6.07, 6.45) is 4.05. The number of hydrogen-bond donors (Lipinski definition) is 1. The molecule has 2 aliphatic rings. The van der Waals surface area contributed by atoms with Crippen LogP contribution in [0.15, 0.2) is 23.1 Å². The van der Waals surface area contributed by atoms with E-state index in [0.29, 0.717) is 17.9 Å². The molecule has 1 amide bonds. The molecule has 4 nitrogen and oxygen atoms in total. The smallest absolute Gasteiger partial charge is 0.235 e. The zero-order valence-electron chi connectivity index (χ0n) is 12.8. The van der Waals surface area contributed by atoms with Crippen molar-refractivity contribution in [1.82, 2.24) is 5.32 Å². The van der Waals surface area contributed by atoms with Gasteiger partial charge in [-0.3, -0.25) is 4.79 Å². The first kappa shape index (κ1) is 17.1. The van der Waals surface area contributed by atoms with Crippen molar-refractivity contribution in [3.8, 4) is 0 Å². The van der Waals surface area contributed by atoms with Crippen molar-refractivity contribution >= 4 is 39.1 Å². The van der Waals surface area contributed by atoms with E-state index >= 15 is 0 Å². The van der Waals surface area contributed by atoms with Crippen LogP contribution in [0.4, 0.5) is 0 Å². The molecule has 1 aromatic rings. The number of halogens is 1. The van der Waals surface area contributed by atoms with Crippen LogP contribution in [0.3, 0.4) is 0 Å². The molecule has 1 saturated carbocycles. The lowest BCUT2D eigenvalue weighted by atomic mass is 10.0. The summed E-state index contributed by atoms with van der Waals surface area (Å²) in [6.45, 7) is 0. The van der Waals surface area contributed by atoms with Crippen LogP contribution in [-0.4, -0.2) is 31.1 Å². The third-order valence-electron chi connectivity index (χ3n) is 4.49. The van der Waals surface area contributed by atoms with Crippen LogP contribution in [0.25, 0.3) is 0 Å². The van der Waals surface area contributed by atoms with E-state index in [9.17, 15) is 13.2 Å². The zero-order valence-corrected chi connectivity index (χ0v) is 15.1. The van der Waals surface area contributed by atoms with Crippen molar-refractivity contribution in [2.75, 3.05) is 11.5 Å². The normalized spacial score (nSPS) is 21.9. The van der Waals surface area contributed by atoms with Gasteiger partial charge >= 0.3 is 0 Å². The Morgan fingerprint density at radius 1 is 1.26 bits per heavy atom. The summed E-state index contributed by atoms with van der Waals surface area (Å²) in [5.74, 6) is 0.0892. The highest BCUT2D eigenvalue weighted by molar-refractivity contribution is 7.99. The molecular formula is C16H20ClNO3S2. The highest BCUT2D eigenvalue weighted by Crippen LogP contribution is 2.37. The minimum absolute atomic E-state index is 0.156. The molecule has 23 heavy (non-hydrogen) atoms. The number of thioether (sulfide) groups is 1. The quantitative estimate of drug-likeness (QED) is 0.879. The first-order valence-corrected chi connectivity index (χ1v) is 11.0. The second kappa shape index (κ2) is 7.03. The molecule has 0 radical (unpaired) electrons. The predicted molar refractivity (Wildman–Crippen MR) is 93.7 cm³/mol. The fraction of sp³-hybridized carbons (Fsp3) is 0.562. The van der Waals surface area contributed by atoms with E-state index in [0.717, 1.165) is 35.5 Å². The van der Waals surface area contributed by atoms with E-state index in [4.69, 9.17) is 11.6 Å². The van der Waals surface area contributed by atoms with Gasteiger partial charge in [-0.25, -0.2) is 8.42 Å². The van der Waals surface area contributed by atoms with Crippen LogP contribution in [0.1, 0.15) is 43.7 Å². The molecule has 1 aliphatic heterocycles. The number of rotatable bonds is 4. The molecule has 1 heterocycles. The maximum atomic E-state index is 12.3. The summed E-state index contributed by atoms with van der Waals surface area (Å²) in [7, 11) is -3.34.